The predicted molar refractivity (Wildman–Crippen MR) is 59.1 cm³/mol. The van der Waals surface area contributed by atoms with Crippen molar-refractivity contribution in [2.45, 2.75) is 52.0 Å². The molecule has 0 spiro atoms. The number of hydrogen-bond acceptors (Lipinski definition) is 2. The zero-order valence-corrected chi connectivity index (χ0v) is 11.5. The molecule has 0 bridgehead atoms. The molecule has 1 N–H and O–H groups in total. The van der Waals surface area contributed by atoms with Gasteiger partial charge in [-0.1, -0.05) is 27.7 Å². The number of amides is 1. The van der Waals surface area contributed by atoms with E-state index in [-0.39, 0.29) is 6.61 Å². The van der Waals surface area contributed by atoms with Crippen molar-refractivity contribution in [1.82, 2.24) is 5.32 Å². The molecule has 0 rings (SSSR count). The second kappa shape index (κ2) is 5.69. The van der Waals surface area contributed by atoms with Gasteiger partial charge in [0, 0.05) is 0 Å². The van der Waals surface area contributed by atoms with Crippen molar-refractivity contribution in [3.05, 3.63) is 0 Å². The minimum Gasteiger partial charge on any atom is -0.449 e. The second-order valence-corrected chi connectivity index (χ2v) is 5.52. The Hall–Kier alpha value is -1.15. The normalized spacial score (nSPS) is 14.1. The average molecular weight is 309 g/mol. The van der Waals surface area contributed by atoms with Crippen molar-refractivity contribution in [2.75, 3.05) is 6.61 Å². The van der Waals surface area contributed by atoms with Crippen molar-refractivity contribution >= 4 is 6.09 Å². The van der Waals surface area contributed by atoms with Gasteiger partial charge in [-0.25, -0.2) is 4.79 Å². The van der Waals surface area contributed by atoms with E-state index < -0.39 is 35.8 Å². The van der Waals surface area contributed by atoms with Crippen LogP contribution in [0.4, 0.5) is 31.1 Å². The van der Waals surface area contributed by atoms with Gasteiger partial charge in [0.05, 0.1) is 6.61 Å². The molecule has 120 valence electrons. The molecule has 9 heteroatoms. The molecule has 0 fully saturated rings. The van der Waals surface area contributed by atoms with E-state index in [1.54, 1.807) is 20.8 Å². The standard InChI is InChI=1S/C11H17F6NO2/c1-5-9(10(12,13)14,11(15,16)17)18-7(19)20-6-8(2,3)4/h5-6H2,1-4H3,(H,18,19). The fourth-order valence-electron chi connectivity index (χ4n) is 1.28. The number of ether oxygens (including phenoxy) is 1. The first-order valence-electron chi connectivity index (χ1n) is 5.75. The topological polar surface area (TPSA) is 38.3 Å². The largest absolute Gasteiger partial charge is 0.449 e. The zero-order chi connectivity index (χ0) is 16.4. The summed E-state index contributed by atoms with van der Waals surface area (Å²) >= 11 is 0. The van der Waals surface area contributed by atoms with Gasteiger partial charge in [-0.15, -0.1) is 0 Å². The van der Waals surface area contributed by atoms with Crippen molar-refractivity contribution < 1.29 is 35.9 Å². The lowest BCUT2D eigenvalue weighted by Gasteiger charge is -2.36. The molecule has 0 unspecified atom stereocenters. The predicted octanol–water partition coefficient (Wildman–Crippen LogP) is 4.03. The highest BCUT2D eigenvalue weighted by atomic mass is 19.4. The summed E-state index contributed by atoms with van der Waals surface area (Å²) in [5.41, 5.74) is -4.89. The van der Waals surface area contributed by atoms with Gasteiger partial charge in [-0.3, -0.25) is 5.32 Å². The number of halogens is 6. The summed E-state index contributed by atoms with van der Waals surface area (Å²) in [5.74, 6) is 0. The van der Waals surface area contributed by atoms with E-state index in [1.165, 1.54) is 0 Å². The van der Waals surface area contributed by atoms with E-state index in [1.807, 2.05) is 0 Å². The molecule has 0 aliphatic rings. The Morgan fingerprint density at radius 3 is 1.65 bits per heavy atom. The fourth-order valence-corrected chi connectivity index (χ4v) is 1.28. The Kier molecular flexibility index (Phi) is 5.36. The molecule has 0 saturated carbocycles. The highest BCUT2D eigenvalue weighted by molar-refractivity contribution is 5.68. The van der Waals surface area contributed by atoms with Crippen LogP contribution in [0.3, 0.4) is 0 Å². The van der Waals surface area contributed by atoms with E-state index in [9.17, 15) is 31.1 Å². The van der Waals surface area contributed by atoms with Crippen LogP contribution < -0.4 is 5.32 Å². The van der Waals surface area contributed by atoms with E-state index >= 15 is 0 Å². The number of carbonyl (C=O) groups excluding carboxylic acids is 1. The number of hydrogen-bond donors (Lipinski definition) is 1. The van der Waals surface area contributed by atoms with E-state index in [4.69, 9.17) is 0 Å². The van der Waals surface area contributed by atoms with E-state index in [0.29, 0.717) is 6.92 Å². The molecular weight excluding hydrogens is 292 g/mol. The maximum atomic E-state index is 12.7. The van der Waals surface area contributed by atoms with Crippen LogP contribution in [0.2, 0.25) is 0 Å². The molecule has 20 heavy (non-hydrogen) atoms. The number of carbonyl (C=O) groups is 1. The van der Waals surface area contributed by atoms with Crippen LogP contribution in [0.5, 0.6) is 0 Å². The lowest BCUT2D eigenvalue weighted by molar-refractivity contribution is -0.305. The molecule has 0 aliphatic heterocycles. The van der Waals surface area contributed by atoms with E-state index in [2.05, 4.69) is 4.74 Å². The number of alkyl carbamates (subject to hydrolysis) is 1. The minimum absolute atomic E-state index is 0.311. The van der Waals surface area contributed by atoms with Gasteiger partial charge < -0.3 is 4.74 Å². The molecule has 0 aromatic rings. The van der Waals surface area contributed by atoms with Crippen molar-refractivity contribution in [2.24, 2.45) is 5.41 Å². The summed E-state index contributed by atoms with van der Waals surface area (Å²) in [6.45, 7) is 5.21. The molecule has 0 heterocycles. The first kappa shape index (κ1) is 18.9. The van der Waals surface area contributed by atoms with Gasteiger partial charge in [0.2, 0.25) is 5.54 Å². The molecular formula is C11H17F6NO2. The first-order valence-corrected chi connectivity index (χ1v) is 5.75. The minimum atomic E-state index is -5.68. The lowest BCUT2D eigenvalue weighted by atomic mass is 9.94. The van der Waals surface area contributed by atoms with Gasteiger partial charge in [0.15, 0.2) is 0 Å². The van der Waals surface area contributed by atoms with Gasteiger partial charge in [0.1, 0.15) is 0 Å². The molecule has 0 aromatic carbocycles. The molecule has 0 saturated heterocycles. The molecule has 3 nitrogen and oxygen atoms in total. The first-order chi connectivity index (χ1) is 8.66. The summed E-state index contributed by atoms with van der Waals surface area (Å²) < 4.78 is 80.7. The maximum absolute atomic E-state index is 12.7. The molecule has 0 aliphatic carbocycles. The third-order valence-corrected chi connectivity index (χ3v) is 2.45. The van der Waals surface area contributed by atoms with Crippen LogP contribution in [0.1, 0.15) is 34.1 Å². The third-order valence-electron chi connectivity index (χ3n) is 2.45. The summed E-state index contributed by atoms with van der Waals surface area (Å²) in [6.07, 6.45) is -14.5. The van der Waals surface area contributed by atoms with Gasteiger partial charge >= 0.3 is 18.4 Å². The average Bonchev–Trinajstić information content (AvgIpc) is 2.18. The van der Waals surface area contributed by atoms with Crippen LogP contribution in [-0.2, 0) is 4.74 Å². The molecule has 1 amide bonds. The third kappa shape index (κ3) is 4.45. The Bertz CT molecular complexity index is 328. The van der Waals surface area contributed by atoms with Crippen LogP contribution >= 0.6 is 0 Å². The Morgan fingerprint density at radius 2 is 1.40 bits per heavy atom. The number of rotatable bonds is 3. The Labute approximate surface area is 112 Å². The summed E-state index contributed by atoms with van der Waals surface area (Å²) in [6, 6.07) is 0. The summed E-state index contributed by atoms with van der Waals surface area (Å²) in [7, 11) is 0. The van der Waals surface area contributed by atoms with Crippen molar-refractivity contribution in [1.29, 1.82) is 0 Å². The van der Waals surface area contributed by atoms with E-state index in [0.717, 1.165) is 5.32 Å². The smallest absolute Gasteiger partial charge is 0.420 e. The number of nitrogens with one attached hydrogen (secondary N) is 1. The molecule has 0 aromatic heterocycles. The van der Waals surface area contributed by atoms with Crippen LogP contribution in [-0.4, -0.2) is 30.6 Å². The highest BCUT2D eigenvalue weighted by Gasteiger charge is 2.70. The quantitative estimate of drug-likeness (QED) is 0.799. The Balaban J connectivity index is 5.16. The van der Waals surface area contributed by atoms with Gasteiger partial charge in [-0.2, -0.15) is 26.3 Å². The van der Waals surface area contributed by atoms with Crippen LogP contribution in [0, 0.1) is 5.41 Å². The molecule has 0 atom stereocenters. The monoisotopic (exact) mass is 309 g/mol. The van der Waals surface area contributed by atoms with Crippen molar-refractivity contribution in [3.8, 4) is 0 Å². The van der Waals surface area contributed by atoms with Crippen LogP contribution in [0.15, 0.2) is 0 Å². The zero-order valence-electron chi connectivity index (χ0n) is 11.5. The molecule has 0 radical (unpaired) electrons. The second-order valence-electron chi connectivity index (χ2n) is 5.52. The summed E-state index contributed by atoms with van der Waals surface area (Å²) in [4.78, 5) is 11.2. The fraction of sp³-hybridized carbons (Fsp3) is 0.909. The van der Waals surface area contributed by atoms with Crippen LogP contribution in [0.25, 0.3) is 0 Å². The maximum Gasteiger partial charge on any atom is 0.420 e. The number of alkyl halides is 6. The van der Waals surface area contributed by atoms with Gasteiger partial charge in [-0.05, 0) is 11.8 Å². The Morgan fingerprint density at radius 1 is 1.00 bits per heavy atom. The van der Waals surface area contributed by atoms with Crippen molar-refractivity contribution in [3.63, 3.8) is 0 Å². The van der Waals surface area contributed by atoms with Gasteiger partial charge in [0.25, 0.3) is 0 Å². The summed E-state index contributed by atoms with van der Waals surface area (Å²) in [5, 5.41) is 0.922. The highest BCUT2D eigenvalue weighted by Crippen LogP contribution is 2.45. The lowest BCUT2D eigenvalue weighted by Crippen LogP contribution is -2.67. The SMILES string of the molecule is CCC(NC(=O)OCC(C)(C)C)(C(F)(F)F)C(F)(F)F.